The van der Waals surface area contributed by atoms with Crippen molar-refractivity contribution in [1.82, 2.24) is 4.90 Å². The van der Waals surface area contributed by atoms with Crippen LogP contribution in [0.25, 0.3) is 12.2 Å². The number of benzene rings is 2. The first kappa shape index (κ1) is 19.0. The van der Waals surface area contributed by atoms with Gasteiger partial charge in [0.05, 0.1) is 13.0 Å². The second kappa shape index (κ2) is 7.98. The number of aliphatic carboxylic acids is 1. The highest BCUT2D eigenvalue weighted by Crippen LogP contribution is 2.46. The average molecular weight is 398 g/mol. The number of halogens is 1. The molecule has 146 valence electrons. The van der Waals surface area contributed by atoms with Crippen LogP contribution in [0.5, 0.6) is 5.75 Å². The van der Waals surface area contributed by atoms with Crippen LogP contribution in [-0.2, 0) is 10.2 Å². The zero-order chi connectivity index (χ0) is 19.6. The van der Waals surface area contributed by atoms with Crippen LogP contribution >= 0.6 is 11.6 Å². The molecule has 1 N–H and O–H groups in total. The number of nitrogens with zero attached hydrogens (tertiary/aromatic N) is 1. The molecule has 2 heterocycles. The quantitative estimate of drug-likeness (QED) is 0.742. The van der Waals surface area contributed by atoms with Crippen molar-refractivity contribution in [3.63, 3.8) is 0 Å². The molecule has 2 aromatic carbocycles. The largest absolute Gasteiger partial charge is 0.492 e. The van der Waals surface area contributed by atoms with Crippen LogP contribution in [0.4, 0.5) is 0 Å². The van der Waals surface area contributed by atoms with Crippen LogP contribution in [0.1, 0.15) is 36.0 Å². The minimum absolute atomic E-state index is 0.0695. The maximum absolute atomic E-state index is 10.8. The van der Waals surface area contributed by atoms with Crippen LogP contribution < -0.4 is 4.74 Å². The van der Waals surface area contributed by atoms with Gasteiger partial charge in [0.15, 0.2) is 0 Å². The lowest BCUT2D eigenvalue weighted by Gasteiger charge is -2.38. The Morgan fingerprint density at radius 1 is 1.18 bits per heavy atom. The molecular weight excluding hydrogens is 374 g/mol. The van der Waals surface area contributed by atoms with Gasteiger partial charge in [-0.1, -0.05) is 54.1 Å². The Balaban J connectivity index is 1.46. The number of piperidine rings is 1. The zero-order valence-corrected chi connectivity index (χ0v) is 16.5. The molecule has 1 spiro atoms. The topological polar surface area (TPSA) is 49.8 Å². The third kappa shape index (κ3) is 3.94. The molecule has 28 heavy (non-hydrogen) atoms. The molecule has 0 radical (unpaired) electrons. The van der Waals surface area contributed by atoms with Gasteiger partial charge < -0.3 is 14.7 Å². The first-order valence-electron chi connectivity index (χ1n) is 9.70. The van der Waals surface area contributed by atoms with E-state index in [-0.39, 0.29) is 11.8 Å². The lowest BCUT2D eigenvalue weighted by molar-refractivity contribution is -0.137. The SMILES string of the molecule is O=C(O)CCN1CCC2(CC1)COc1cc(C=Cc3ccccc3Cl)ccc12. The van der Waals surface area contributed by atoms with Crippen molar-refractivity contribution < 1.29 is 14.6 Å². The average Bonchev–Trinajstić information content (AvgIpc) is 3.04. The molecule has 0 aromatic heterocycles. The first-order valence-corrected chi connectivity index (χ1v) is 10.1. The Kier molecular flexibility index (Phi) is 5.42. The lowest BCUT2D eigenvalue weighted by Crippen LogP contribution is -2.44. The van der Waals surface area contributed by atoms with E-state index >= 15 is 0 Å². The van der Waals surface area contributed by atoms with Gasteiger partial charge in [0.25, 0.3) is 0 Å². The second-order valence-electron chi connectivity index (χ2n) is 7.66. The molecule has 0 saturated carbocycles. The van der Waals surface area contributed by atoms with Crippen molar-refractivity contribution in [2.75, 3.05) is 26.2 Å². The van der Waals surface area contributed by atoms with Crippen LogP contribution in [-0.4, -0.2) is 42.2 Å². The summed E-state index contributed by atoms with van der Waals surface area (Å²) in [6.07, 6.45) is 6.31. The van der Waals surface area contributed by atoms with Gasteiger partial charge in [0, 0.05) is 22.5 Å². The highest BCUT2D eigenvalue weighted by Gasteiger charge is 2.42. The fraction of sp³-hybridized carbons (Fsp3) is 0.348. The van der Waals surface area contributed by atoms with Gasteiger partial charge in [-0.25, -0.2) is 0 Å². The summed E-state index contributed by atoms with van der Waals surface area (Å²) in [7, 11) is 0. The Morgan fingerprint density at radius 2 is 1.96 bits per heavy atom. The molecule has 0 aliphatic carbocycles. The number of hydrogen-bond acceptors (Lipinski definition) is 3. The van der Waals surface area contributed by atoms with E-state index in [0.29, 0.717) is 13.2 Å². The standard InChI is InChI=1S/C23H24ClNO3/c24-20-4-2-1-3-18(20)7-5-17-6-8-19-21(15-17)28-16-23(19)10-13-25(14-11-23)12-9-22(26)27/h1-8,15H,9-14,16H2,(H,26,27). The summed E-state index contributed by atoms with van der Waals surface area (Å²) in [5, 5.41) is 9.62. The van der Waals surface area contributed by atoms with Gasteiger partial charge in [0.2, 0.25) is 0 Å². The number of hydrogen-bond donors (Lipinski definition) is 1. The minimum Gasteiger partial charge on any atom is -0.492 e. The van der Waals surface area contributed by atoms with E-state index in [1.807, 2.05) is 30.3 Å². The third-order valence-corrected chi connectivity index (χ3v) is 6.24. The van der Waals surface area contributed by atoms with Gasteiger partial charge in [-0.05, 0) is 49.2 Å². The molecule has 1 fully saturated rings. The Morgan fingerprint density at radius 3 is 2.71 bits per heavy atom. The van der Waals surface area contributed by atoms with Gasteiger partial charge in [0.1, 0.15) is 5.75 Å². The van der Waals surface area contributed by atoms with Gasteiger partial charge in [-0.15, -0.1) is 0 Å². The van der Waals surface area contributed by atoms with Crippen LogP contribution in [0.15, 0.2) is 42.5 Å². The normalized spacial score (nSPS) is 18.3. The molecule has 1 saturated heterocycles. The molecule has 0 unspecified atom stereocenters. The second-order valence-corrected chi connectivity index (χ2v) is 8.07. The number of likely N-dealkylation sites (tertiary alicyclic amines) is 1. The molecule has 4 nitrogen and oxygen atoms in total. The van der Waals surface area contributed by atoms with Crippen molar-refractivity contribution in [3.05, 3.63) is 64.2 Å². The highest BCUT2D eigenvalue weighted by atomic mass is 35.5. The van der Waals surface area contributed by atoms with Crippen molar-refractivity contribution in [2.45, 2.75) is 24.7 Å². The van der Waals surface area contributed by atoms with Gasteiger partial charge in [-0.3, -0.25) is 4.79 Å². The van der Waals surface area contributed by atoms with E-state index in [1.54, 1.807) is 0 Å². The molecule has 0 amide bonds. The molecule has 4 rings (SSSR count). The van der Waals surface area contributed by atoms with Crippen molar-refractivity contribution in [1.29, 1.82) is 0 Å². The number of carboxylic acids is 1. The van der Waals surface area contributed by atoms with Gasteiger partial charge in [-0.2, -0.15) is 0 Å². The predicted octanol–water partition coefficient (Wildman–Crippen LogP) is 4.71. The van der Waals surface area contributed by atoms with E-state index in [0.717, 1.165) is 47.8 Å². The van der Waals surface area contributed by atoms with Crippen molar-refractivity contribution in [2.24, 2.45) is 0 Å². The molecule has 2 aliphatic rings. The lowest BCUT2D eigenvalue weighted by atomic mass is 9.74. The van der Waals surface area contributed by atoms with Crippen LogP contribution in [0.3, 0.4) is 0 Å². The summed E-state index contributed by atoms with van der Waals surface area (Å²) in [5.74, 6) is 0.243. The maximum Gasteiger partial charge on any atom is 0.304 e. The van der Waals surface area contributed by atoms with E-state index in [4.69, 9.17) is 21.4 Å². The van der Waals surface area contributed by atoms with Crippen LogP contribution in [0.2, 0.25) is 5.02 Å². The Hall–Kier alpha value is -2.30. The molecule has 2 aliphatic heterocycles. The van der Waals surface area contributed by atoms with E-state index in [1.165, 1.54) is 5.56 Å². The van der Waals surface area contributed by atoms with Crippen LogP contribution in [0, 0.1) is 0 Å². The Bertz CT molecular complexity index is 900. The molecule has 2 aromatic rings. The molecule has 5 heteroatoms. The summed E-state index contributed by atoms with van der Waals surface area (Å²) in [5.41, 5.74) is 3.45. The number of carbonyl (C=O) groups is 1. The summed E-state index contributed by atoms with van der Waals surface area (Å²) < 4.78 is 6.07. The minimum atomic E-state index is -0.729. The number of rotatable bonds is 5. The first-order chi connectivity index (χ1) is 13.6. The third-order valence-electron chi connectivity index (χ3n) is 5.90. The van der Waals surface area contributed by atoms with Crippen molar-refractivity contribution >= 4 is 29.7 Å². The predicted molar refractivity (Wildman–Crippen MR) is 112 cm³/mol. The van der Waals surface area contributed by atoms with Crippen molar-refractivity contribution in [3.8, 4) is 5.75 Å². The maximum atomic E-state index is 10.8. The summed E-state index contributed by atoms with van der Waals surface area (Å²) in [6, 6.07) is 14.2. The number of carboxylic acid groups (broad SMARTS) is 1. The molecular formula is C23H24ClNO3. The molecule has 0 bridgehead atoms. The summed E-state index contributed by atoms with van der Waals surface area (Å²) in [6.45, 7) is 3.19. The summed E-state index contributed by atoms with van der Waals surface area (Å²) in [4.78, 5) is 13.0. The highest BCUT2D eigenvalue weighted by molar-refractivity contribution is 6.32. The fourth-order valence-electron chi connectivity index (χ4n) is 4.16. The Labute approximate surface area is 170 Å². The summed E-state index contributed by atoms with van der Waals surface area (Å²) >= 11 is 6.22. The van der Waals surface area contributed by atoms with E-state index in [9.17, 15) is 4.79 Å². The molecule has 0 atom stereocenters. The zero-order valence-electron chi connectivity index (χ0n) is 15.7. The monoisotopic (exact) mass is 397 g/mol. The fourth-order valence-corrected chi connectivity index (χ4v) is 4.36. The smallest absolute Gasteiger partial charge is 0.304 e. The number of fused-ring (bicyclic) bond motifs is 2. The van der Waals surface area contributed by atoms with Gasteiger partial charge >= 0.3 is 5.97 Å². The van der Waals surface area contributed by atoms with E-state index < -0.39 is 5.97 Å². The van der Waals surface area contributed by atoms with E-state index in [2.05, 4.69) is 29.2 Å². The number of ether oxygens (including phenoxy) is 1.